The van der Waals surface area contributed by atoms with Crippen LogP contribution in [0, 0.1) is 0 Å². The largest absolute Gasteiger partial charge is 0.457 e. The molecule has 0 amide bonds. The van der Waals surface area contributed by atoms with Gasteiger partial charge >= 0.3 is 0 Å². The molecular formula is C60H41N3OSi. The van der Waals surface area contributed by atoms with Gasteiger partial charge in [0, 0.05) is 27.8 Å². The lowest BCUT2D eigenvalue weighted by Gasteiger charge is -2.39. The summed E-state index contributed by atoms with van der Waals surface area (Å²) >= 11 is 0. The Morgan fingerprint density at radius 2 is 0.800 bits per heavy atom. The average molecular weight is 848 g/mol. The lowest BCUT2D eigenvalue weighted by molar-refractivity contribution is 0.436. The minimum atomic E-state index is -1.81. The maximum Gasteiger partial charge on any atom is 0.164 e. The number of aromatic nitrogens is 3. The zero-order chi connectivity index (χ0) is 43.3. The third kappa shape index (κ3) is 5.65. The van der Waals surface area contributed by atoms with E-state index in [0.717, 1.165) is 50.4 Å². The van der Waals surface area contributed by atoms with Crippen molar-refractivity contribution >= 4 is 18.4 Å². The maximum atomic E-state index is 6.66. The van der Waals surface area contributed by atoms with E-state index in [2.05, 4.69) is 207 Å². The van der Waals surface area contributed by atoms with Crippen molar-refractivity contribution in [1.29, 1.82) is 0 Å². The van der Waals surface area contributed by atoms with Gasteiger partial charge in [-0.1, -0.05) is 195 Å². The third-order valence-corrected chi connectivity index (χ3v) is 17.6. The number of hydrogen-bond acceptors (Lipinski definition) is 4. The number of rotatable bonds is 5. The second-order valence-electron chi connectivity index (χ2n) is 17.9. The van der Waals surface area contributed by atoms with Crippen molar-refractivity contribution in [1.82, 2.24) is 15.0 Å². The van der Waals surface area contributed by atoms with Gasteiger partial charge < -0.3 is 4.74 Å². The van der Waals surface area contributed by atoms with Crippen LogP contribution in [-0.2, 0) is 5.41 Å². The smallest absolute Gasteiger partial charge is 0.164 e. The van der Waals surface area contributed by atoms with Crippen LogP contribution >= 0.6 is 0 Å². The summed E-state index contributed by atoms with van der Waals surface area (Å²) in [4.78, 5) is 15.4. The van der Waals surface area contributed by atoms with Gasteiger partial charge in [0.15, 0.2) is 17.5 Å². The number of ether oxygens (including phenoxy) is 1. The number of para-hydroxylation sites is 2. The van der Waals surface area contributed by atoms with Crippen LogP contribution in [0.5, 0.6) is 11.5 Å². The predicted molar refractivity (Wildman–Crippen MR) is 267 cm³/mol. The van der Waals surface area contributed by atoms with Crippen LogP contribution in [0.2, 0.25) is 13.1 Å². The topological polar surface area (TPSA) is 47.9 Å². The summed E-state index contributed by atoms with van der Waals surface area (Å²) in [6, 6.07) is 76.4. The summed E-state index contributed by atoms with van der Waals surface area (Å²) in [5, 5.41) is 2.94. The van der Waals surface area contributed by atoms with E-state index in [1.54, 1.807) is 0 Å². The van der Waals surface area contributed by atoms with E-state index in [1.807, 2.05) is 18.2 Å². The zero-order valence-corrected chi connectivity index (χ0v) is 37.0. The molecule has 0 fully saturated rings. The van der Waals surface area contributed by atoms with Gasteiger partial charge in [-0.25, -0.2) is 15.0 Å². The SMILES string of the molecule is C[Si]1(C)c2ccccc2-c2cc(-c3nc(-c4ccccc4)nc(-c4ccc(-c5ccc6c(c5)C5(c7ccccc7Oc7ccccc75)c5ccc(-c7ccccc7)cc5-6)cc4)n3)ccc21. The maximum absolute atomic E-state index is 6.66. The summed E-state index contributed by atoms with van der Waals surface area (Å²) in [6.45, 7) is 4.89. The molecule has 13 rings (SSSR count). The van der Waals surface area contributed by atoms with Crippen LogP contribution in [0.1, 0.15) is 22.3 Å². The molecule has 0 saturated carbocycles. The highest BCUT2D eigenvalue weighted by atomic mass is 28.3. The molecule has 0 radical (unpaired) electrons. The molecule has 9 aromatic carbocycles. The van der Waals surface area contributed by atoms with Crippen LogP contribution in [0.25, 0.3) is 78.7 Å². The summed E-state index contributed by atoms with van der Waals surface area (Å²) < 4.78 is 6.66. The summed E-state index contributed by atoms with van der Waals surface area (Å²) in [6.07, 6.45) is 0. The molecule has 65 heavy (non-hydrogen) atoms. The van der Waals surface area contributed by atoms with Crippen molar-refractivity contribution in [3.8, 4) is 90.2 Å². The van der Waals surface area contributed by atoms with Gasteiger partial charge in [-0.3, -0.25) is 0 Å². The first-order valence-corrected chi connectivity index (χ1v) is 25.3. The fourth-order valence-electron chi connectivity index (χ4n) is 10.9. The first-order chi connectivity index (χ1) is 31.9. The molecule has 0 unspecified atom stereocenters. The van der Waals surface area contributed by atoms with E-state index in [4.69, 9.17) is 19.7 Å². The van der Waals surface area contributed by atoms with Gasteiger partial charge in [0.05, 0.1) is 5.41 Å². The fourth-order valence-corrected chi connectivity index (χ4v) is 14.0. The van der Waals surface area contributed by atoms with E-state index in [9.17, 15) is 0 Å². The molecule has 0 bridgehead atoms. The summed E-state index contributed by atoms with van der Waals surface area (Å²) in [5.74, 6) is 3.73. The Bertz CT molecular complexity index is 3500. The second-order valence-corrected chi connectivity index (χ2v) is 22.2. The monoisotopic (exact) mass is 847 g/mol. The number of hydrogen-bond donors (Lipinski definition) is 0. The Hall–Kier alpha value is -7.99. The third-order valence-electron chi connectivity index (χ3n) is 14.0. The van der Waals surface area contributed by atoms with Crippen LogP contribution < -0.4 is 15.1 Å². The Morgan fingerprint density at radius 1 is 0.323 bits per heavy atom. The quantitative estimate of drug-likeness (QED) is 0.162. The number of nitrogens with zero attached hydrogens (tertiary/aromatic N) is 3. The Kier molecular flexibility index (Phi) is 8.24. The van der Waals surface area contributed by atoms with Gasteiger partial charge in [0.25, 0.3) is 0 Å². The van der Waals surface area contributed by atoms with Crippen molar-refractivity contribution in [3.05, 3.63) is 235 Å². The van der Waals surface area contributed by atoms with Gasteiger partial charge in [-0.15, -0.1) is 0 Å². The molecule has 1 spiro atoms. The highest BCUT2D eigenvalue weighted by Crippen LogP contribution is 2.62. The normalized spacial score (nSPS) is 14.1. The molecule has 3 heterocycles. The molecule has 10 aromatic rings. The standard InChI is InChI=1S/C60H41N3OSi/c1-65(2)55-24-14-9-19-46(55)48-36-44(31-34-56(48)65)59-62-57(40-17-7-4-8-18-40)61-58(63-59)41-27-25-39(26-28-41)43-29-32-45-47-35-42(38-15-5-3-6-16-38)30-33-49(47)60(52(45)37-43)50-20-10-12-22-53(50)64-54-23-13-11-21-51(54)60/h3-37H,1-2H3. The van der Waals surface area contributed by atoms with Crippen LogP contribution in [0.4, 0.5) is 0 Å². The average Bonchev–Trinajstić information content (AvgIpc) is 3.78. The first kappa shape index (κ1) is 37.6. The molecular weight excluding hydrogens is 807 g/mol. The van der Waals surface area contributed by atoms with E-state index in [0.29, 0.717) is 17.5 Å². The highest BCUT2D eigenvalue weighted by molar-refractivity contribution is 7.03. The van der Waals surface area contributed by atoms with Gasteiger partial charge in [-0.2, -0.15) is 0 Å². The van der Waals surface area contributed by atoms with Crippen molar-refractivity contribution in [2.45, 2.75) is 18.5 Å². The molecule has 2 aliphatic heterocycles. The van der Waals surface area contributed by atoms with Crippen LogP contribution in [-0.4, -0.2) is 23.0 Å². The zero-order valence-electron chi connectivity index (χ0n) is 36.0. The lowest BCUT2D eigenvalue weighted by Crippen LogP contribution is -2.49. The molecule has 4 nitrogen and oxygen atoms in total. The molecule has 0 atom stereocenters. The second kappa shape index (κ2) is 14.3. The molecule has 306 valence electrons. The minimum Gasteiger partial charge on any atom is -0.457 e. The van der Waals surface area contributed by atoms with E-state index in [-0.39, 0.29) is 0 Å². The first-order valence-electron chi connectivity index (χ1n) is 22.3. The molecule has 0 N–H and O–H groups in total. The minimum absolute atomic E-state index is 0.575. The molecule has 5 heteroatoms. The van der Waals surface area contributed by atoms with Crippen molar-refractivity contribution in [3.63, 3.8) is 0 Å². The van der Waals surface area contributed by atoms with Gasteiger partial charge in [0.1, 0.15) is 19.6 Å². The Morgan fingerprint density at radius 3 is 1.51 bits per heavy atom. The van der Waals surface area contributed by atoms with E-state index >= 15 is 0 Å². The molecule has 1 aromatic heterocycles. The Balaban J connectivity index is 0.940. The summed E-state index contributed by atoms with van der Waals surface area (Å²) in [7, 11) is -1.81. The Labute approximate surface area is 379 Å². The summed E-state index contributed by atoms with van der Waals surface area (Å²) in [5.41, 5.74) is 16.9. The number of benzene rings is 9. The van der Waals surface area contributed by atoms with Crippen molar-refractivity contribution in [2.24, 2.45) is 0 Å². The van der Waals surface area contributed by atoms with Crippen molar-refractivity contribution < 1.29 is 4.74 Å². The van der Waals surface area contributed by atoms with E-state index < -0.39 is 13.5 Å². The number of fused-ring (bicyclic) bond motifs is 12. The van der Waals surface area contributed by atoms with Gasteiger partial charge in [0.2, 0.25) is 0 Å². The fraction of sp³-hybridized carbons (Fsp3) is 0.0500. The van der Waals surface area contributed by atoms with Crippen LogP contribution in [0.3, 0.4) is 0 Å². The van der Waals surface area contributed by atoms with Crippen LogP contribution in [0.15, 0.2) is 212 Å². The van der Waals surface area contributed by atoms with Gasteiger partial charge in [-0.05, 0) is 96.3 Å². The lowest BCUT2D eigenvalue weighted by atomic mass is 9.66. The highest BCUT2D eigenvalue weighted by Gasteiger charge is 2.51. The van der Waals surface area contributed by atoms with Crippen molar-refractivity contribution in [2.75, 3.05) is 0 Å². The molecule has 0 saturated heterocycles. The molecule has 1 aliphatic carbocycles. The predicted octanol–water partition coefficient (Wildman–Crippen LogP) is 13.5. The molecule has 3 aliphatic rings. The van der Waals surface area contributed by atoms with E-state index in [1.165, 1.54) is 54.9 Å².